The summed E-state index contributed by atoms with van der Waals surface area (Å²) in [6.07, 6.45) is 2.38. The predicted octanol–water partition coefficient (Wildman–Crippen LogP) is 2.86. The van der Waals surface area contributed by atoms with Gasteiger partial charge in [0.1, 0.15) is 0 Å². The Kier molecular flexibility index (Phi) is 4.99. The molecule has 1 fully saturated rings. The van der Waals surface area contributed by atoms with Crippen molar-refractivity contribution >= 4 is 21.8 Å². The van der Waals surface area contributed by atoms with Crippen molar-refractivity contribution in [2.45, 2.75) is 12.8 Å². The zero-order valence-corrected chi connectivity index (χ0v) is 13.2. The van der Waals surface area contributed by atoms with Gasteiger partial charge in [0.2, 0.25) is 0 Å². The first-order valence-electron chi connectivity index (χ1n) is 6.76. The third-order valence-electron chi connectivity index (χ3n) is 3.81. The molecule has 3 nitrogen and oxygen atoms in total. The number of amides is 1. The summed E-state index contributed by atoms with van der Waals surface area (Å²) in [5.41, 5.74) is 0.763. The monoisotopic (exact) mass is 324 g/mol. The highest BCUT2D eigenvalue weighted by Gasteiger charge is 2.20. The molecule has 0 aromatic heterocycles. The molecule has 1 aromatic carbocycles. The van der Waals surface area contributed by atoms with E-state index in [-0.39, 0.29) is 5.91 Å². The van der Waals surface area contributed by atoms with E-state index < -0.39 is 0 Å². The quantitative estimate of drug-likeness (QED) is 0.853. The van der Waals surface area contributed by atoms with Crippen LogP contribution in [0.15, 0.2) is 28.7 Å². The van der Waals surface area contributed by atoms with Crippen LogP contribution in [0.3, 0.4) is 0 Å². The van der Waals surface area contributed by atoms with E-state index in [4.69, 9.17) is 0 Å². The molecule has 0 bridgehead atoms. The first-order chi connectivity index (χ1) is 9.06. The molecule has 0 spiro atoms. The molecule has 0 atom stereocenters. The third kappa shape index (κ3) is 4.05. The molecule has 0 radical (unpaired) electrons. The zero-order valence-electron chi connectivity index (χ0n) is 11.6. The number of nitrogens with zero attached hydrogens (tertiary/aromatic N) is 2. The van der Waals surface area contributed by atoms with E-state index in [9.17, 15) is 4.79 Å². The topological polar surface area (TPSA) is 23.6 Å². The van der Waals surface area contributed by atoms with Crippen molar-refractivity contribution in [3.63, 3.8) is 0 Å². The van der Waals surface area contributed by atoms with Gasteiger partial charge in [-0.1, -0.05) is 15.9 Å². The Morgan fingerprint density at radius 2 is 1.89 bits per heavy atom. The molecule has 0 N–H and O–H groups in total. The van der Waals surface area contributed by atoms with Crippen molar-refractivity contribution in [1.29, 1.82) is 0 Å². The Morgan fingerprint density at radius 1 is 1.32 bits per heavy atom. The van der Waals surface area contributed by atoms with E-state index in [0.29, 0.717) is 5.92 Å². The molecule has 2 rings (SSSR count). The van der Waals surface area contributed by atoms with Gasteiger partial charge in [-0.2, -0.15) is 0 Å². The van der Waals surface area contributed by atoms with Gasteiger partial charge in [-0.25, -0.2) is 0 Å². The Hall–Kier alpha value is -0.870. The van der Waals surface area contributed by atoms with Gasteiger partial charge >= 0.3 is 0 Å². The smallest absolute Gasteiger partial charge is 0.253 e. The van der Waals surface area contributed by atoms with Crippen LogP contribution in [0.25, 0.3) is 0 Å². The second kappa shape index (κ2) is 6.53. The SMILES string of the molecule is CN1CCC(CN(C)C(=O)c2ccc(Br)cc2)CC1. The van der Waals surface area contributed by atoms with Gasteiger partial charge in [0.05, 0.1) is 0 Å². The summed E-state index contributed by atoms with van der Waals surface area (Å²) in [6.45, 7) is 3.15. The minimum Gasteiger partial charge on any atom is -0.341 e. The molecule has 104 valence electrons. The normalized spacial score (nSPS) is 17.4. The number of carbonyl (C=O) groups excluding carboxylic acids is 1. The van der Waals surface area contributed by atoms with Gasteiger partial charge in [0.25, 0.3) is 5.91 Å². The molecule has 0 saturated carbocycles. The fourth-order valence-electron chi connectivity index (χ4n) is 2.53. The summed E-state index contributed by atoms with van der Waals surface area (Å²) in [4.78, 5) is 16.5. The standard InChI is InChI=1S/C15H21BrN2O/c1-17-9-7-12(8-10-17)11-18(2)15(19)13-3-5-14(16)6-4-13/h3-6,12H,7-11H2,1-2H3. The number of piperidine rings is 1. The molecule has 1 aromatic rings. The van der Waals surface area contributed by atoms with Crippen molar-refractivity contribution in [3.05, 3.63) is 34.3 Å². The van der Waals surface area contributed by atoms with Gasteiger partial charge in [0.15, 0.2) is 0 Å². The highest BCUT2D eigenvalue weighted by Crippen LogP contribution is 2.18. The highest BCUT2D eigenvalue weighted by molar-refractivity contribution is 9.10. The van der Waals surface area contributed by atoms with Crippen LogP contribution >= 0.6 is 15.9 Å². The average Bonchev–Trinajstić information content (AvgIpc) is 2.41. The molecule has 0 aliphatic carbocycles. The second-order valence-corrected chi connectivity index (χ2v) is 6.35. The molecule has 1 saturated heterocycles. The zero-order chi connectivity index (χ0) is 13.8. The molecule has 1 heterocycles. The maximum absolute atomic E-state index is 12.3. The van der Waals surface area contributed by atoms with Gasteiger partial charge in [-0.15, -0.1) is 0 Å². The van der Waals surface area contributed by atoms with Crippen LogP contribution in [-0.2, 0) is 0 Å². The summed E-state index contributed by atoms with van der Waals surface area (Å²) in [7, 11) is 4.07. The average molecular weight is 325 g/mol. The van der Waals surface area contributed by atoms with E-state index in [1.165, 1.54) is 12.8 Å². The molecule has 4 heteroatoms. The number of halogens is 1. The summed E-state index contributed by atoms with van der Waals surface area (Å²) in [5.74, 6) is 0.757. The van der Waals surface area contributed by atoms with Gasteiger partial charge in [-0.3, -0.25) is 4.79 Å². The highest BCUT2D eigenvalue weighted by atomic mass is 79.9. The molecule has 1 aliphatic rings. The predicted molar refractivity (Wildman–Crippen MR) is 81.3 cm³/mol. The first kappa shape index (κ1) is 14.5. The fraction of sp³-hybridized carbons (Fsp3) is 0.533. The van der Waals surface area contributed by atoms with E-state index in [2.05, 4.69) is 27.9 Å². The Balaban J connectivity index is 1.90. The summed E-state index contributed by atoms with van der Waals surface area (Å²) >= 11 is 3.39. The van der Waals surface area contributed by atoms with Crippen LogP contribution in [0.5, 0.6) is 0 Å². The van der Waals surface area contributed by atoms with E-state index >= 15 is 0 Å². The Labute approximate surface area is 123 Å². The molecule has 0 unspecified atom stereocenters. The summed E-state index contributed by atoms with van der Waals surface area (Å²) < 4.78 is 1.00. The van der Waals surface area contributed by atoms with E-state index in [0.717, 1.165) is 29.7 Å². The Morgan fingerprint density at radius 3 is 2.47 bits per heavy atom. The van der Waals surface area contributed by atoms with Gasteiger partial charge < -0.3 is 9.80 Å². The lowest BCUT2D eigenvalue weighted by Crippen LogP contribution is -2.37. The molecular formula is C15H21BrN2O. The van der Waals surface area contributed by atoms with Crippen LogP contribution in [0.1, 0.15) is 23.2 Å². The maximum Gasteiger partial charge on any atom is 0.253 e. The lowest BCUT2D eigenvalue weighted by atomic mass is 9.96. The molecule has 1 amide bonds. The van der Waals surface area contributed by atoms with Crippen molar-refractivity contribution in [3.8, 4) is 0 Å². The van der Waals surface area contributed by atoms with Crippen molar-refractivity contribution < 1.29 is 4.79 Å². The second-order valence-electron chi connectivity index (χ2n) is 5.44. The number of rotatable bonds is 3. The molecule has 1 aliphatic heterocycles. The number of benzene rings is 1. The molecular weight excluding hydrogens is 304 g/mol. The minimum absolute atomic E-state index is 0.117. The summed E-state index contributed by atoms with van der Waals surface area (Å²) in [5, 5.41) is 0. The number of carbonyl (C=O) groups is 1. The van der Waals surface area contributed by atoms with E-state index in [1.807, 2.05) is 36.2 Å². The van der Waals surface area contributed by atoms with Gasteiger partial charge in [0, 0.05) is 23.6 Å². The largest absolute Gasteiger partial charge is 0.341 e. The van der Waals surface area contributed by atoms with E-state index in [1.54, 1.807) is 0 Å². The number of hydrogen-bond acceptors (Lipinski definition) is 2. The lowest BCUT2D eigenvalue weighted by Gasteiger charge is -2.31. The van der Waals surface area contributed by atoms with Crippen molar-refractivity contribution in [2.24, 2.45) is 5.92 Å². The van der Waals surface area contributed by atoms with Crippen LogP contribution in [0.4, 0.5) is 0 Å². The maximum atomic E-state index is 12.3. The third-order valence-corrected chi connectivity index (χ3v) is 4.34. The summed E-state index contributed by atoms with van der Waals surface area (Å²) in [6, 6.07) is 7.57. The van der Waals surface area contributed by atoms with Gasteiger partial charge in [-0.05, 0) is 63.2 Å². The minimum atomic E-state index is 0.117. The first-order valence-corrected chi connectivity index (χ1v) is 7.55. The van der Waals surface area contributed by atoms with Crippen LogP contribution in [0, 0.1) is 5.92 Å². The Bertz CT molecular complexity index is 424. The van der Waals surface area contributed by atoms with Crippen LogP contribution in [-0.4, -0.2) is 49.4 Å². The fourth-order valence-corrected chi connectivity index (χ4v) is 2.79. The lowest BCUT2D eigenvalue weighted by molar-refractivity contribution is 0.0747. The van der Waals surface area contributed by atoms with Crippen LogP contribution in [0.2, 0.25) is 0 Å². The number of likely N-dealkylation sites (tertiary alicyclic amines) is 1. The number of hydrogen-bond donors (Lipinski definition) is 0. The molecule has 19 heavy (non-hydrogen) atoms. The van der Waals surface area contributed by atoms with Crippen LogP contribution < -0.4 is 0 Å². The van der Waals surface area contributed by atoms with Crippen molar-refractivity contribution in [2.75, 3.05) is 33.7 Å². The van der Waals surface area contributed by atoms with Crippen molar-refractivity contribution in [1.82, 2.24) is 9.80 Å².